The van der Waals surface area contributed by atoms with E-state index in [0.29, 0.717) is 29.4 Å². The van der Waals surface area contributed by atoms with Crippen LogP contribution in [0, 0.1) is 6.92 Å². The van der Waals surface area contributed by atoms with Crippen LogP contribution >= 0.6 is 11.6 Å². The first-order chi connectivity index (χ1) is 11.9. The molecule has 1 fully saturated rings. The third kappa shape index (κ3) is 3.71. The second-order valence-corrected chi connectivity index (χ2v) is 8.35. The standard InChI is InChI=1S/C18H19ClN2O3S/c1-13-16(19)8-5-9-17(13)20-18(22)14-6-4-7-15(12-14)25(23,24)21-10-2-3-11-21/h4-9,12H,2-3,10-11H2,1H3,(H,20,22). The number of hydrogen-bond acceptors (Lipinski definition) is 3. The van der Waals surface area contributed by atoms with E-state index < -0.39 is 10.0 Å². The Bertz CT molecular complexity index is 906. The van der Waals surface area contributed by atoms with Gasteiger partial charge in [-0.25, -0.2) is 8.42 Å². The van der Waals surface area contributed by atoms with Crippen LogP contribution in [-0.2, 0) is 10.0 Å². The molecule has 1 heterocycles. The summed E-state index contributed by atoms with van der Waals surface area (Å²) in [5.41, 5.74) is 1.66. The average Bonchev–Trinajstić information content (AvgIpc) is 3.14. The number of nitrogens with zero attached hydrogens (tertiary/aromatic N) is 1. The molecular weight excluding hydrogens is 360 g/mol. The predicted octanol–water partition coefficient (Wildman–Crippen LogP) is 3.69. The number of nitrogens with one attached hydrogen (secondary N) is 1. The molecule has 0 spiro atoms. The van der Waals surface area contributed by atoms with Gasteiger partial charge in [0, 0.05) is 29.4 Å². The second-order valence-electron chi connectivity index (χ2n) is 6.01. The van der Waals surface area contributed by atoms with Crippen molar-refractivity contribution in [1.29, 1.82) is 0 Å². The zero-order valence-electron chi connectivity index (χ0n) is 13.8. The van der Waals surface area contributed by atoms with Gasteiger partial charge in [0.1, 0.15) is 0 Å². The van der Waals surface area contributed by atoms with Gasteiger partial charge in [0.05, 0.1) is 4.90 Å². The summed E-state index contributed by atoms with van der Waals surface area (Å²) >= 11 is 6.06. The average molecular weight is 379 g/mol. The largest absolute Gasteiger partial charge is 0.322 e. The van der Waals surface area contributed by atoms with Crippen LogP contribution in [0.3, 0.4) is 0 Å². The molecular formula is C18H19ClN2O3S. The summed E-state index contributed by atoms with van der Waals surface area (Å²) in [6.07, 6.45) is 1.74. The van der Waals surface area contributed by atoms with Crippen molar-refractivity contribution in [2.45, 2.75) is 24.7 Å². The molecule has 2 aromatic rings. The summed E-state index contributed by atoms with van der Waals surface area (Å²) < 4.78 is 26.7. The Balaban J connectivity index is 1.86. The van der Waals surface area contributed by atoms with Gasteiger partial charge in [-0.2, -0.15) is 4.31 Å². The Morgan fingerprint density at radius 2 is 1.80 bits per heavy atom. The van der Waals surface area contributed by atoms with E-state index in [1.807, 2.05) is 6.92 Å². The fourth-order valence-corrected chi connectivity index (χ4v) is 4.55. The molecule has 5 nitrogen and oxygen atoms in total. The highest BCUT2D eigenvalue weighted by Crippen LogP contribution is 2.25. The van der Waals surface area contributed by atoms with Crippen molar-refractivity contribution in [3.8, 4) is 0 Å². The highest BCUT2D eigenvalue weighted by atomic mass is 35.5. The van der Waals surface area contributed by atoms with Gasteiger partial charge in [-0.05, 0) is 55.7 Å². The van der Waals surface area contributed by atoms with Crippen molar-refractivity contribution in [1.82, 2.24) is 4.31 Å². The van der Waals surface area contributed by atoms with Gasteiger partial charge in [0.15, 0.2) is 0 Å². The fraction of sp³-hybridized carbons (Fsp3) is 0.278. The van der Waals surface area contributed by atoms with Crippen LogP contribution in [0.2, 0.25) is 5.02 Å². The van der Waals surface area contributed by atoms with Crippen LogP contribution in [0.1, 0.15) is 28.8 Å². The Hall–Kier alpha value is -1.89. The predicted molar refractivity (Wildman–Crippen MR) is 98.6 cm³/mol. The molecule has 0 bridgehead atoms. The Morgan fingerprint density at radius 1 is 1.12 bits per heavy atom. The Labute approximate surface area is 152 Å². The maximum absolute atomic E-state index is 12.6. The van der Waals surface area contributed by atoms with Crippen LogP contribution < -0.4 is 5.32 Å². The molecule has 0 saturated carbocycles. The van der Waals surface area contributed by atoms with E-state index in [0.717, 1.165) is 18.4 Å². The summed E-state index contributed by atoms with van der Waals surface area (Å²) in [6, 6.07) is 11.4. The first-order valence-corrected chi connectivity index (χ1v) is 9.88. The smallest absolute Gasteiger partial charge is 0.255 e. The SMILES string of the molecule is Cc1c(Cl)cccc1NC(=O)c1cccc(S(=O)(=O)N2CCCC2)c1. The molecule has 7 heteroatoms. The zero-order valence-corrected chi connectivity index (χ0v) is 15.4. The van der Waals surface area contributed by atoms with Gasteiger partial charge in [-0.15, -0.1) is 0 Å². The fourth-order valence-electron chi connectivity index (χ4n) is 2.81. The maximum atomic E-state index is 12.6. The van der Waals surface area contributed by atoms with Crippen LogP contribution in [0.15, 0.2) is 47.4 Å². The molecule has 0 radical (unpaired) electrons. The second kappa shape index (κ2) is 7.15. The number of carbonyl (C=O) groups is 1. The molecule has 25 heavy (non-hydrogen) atoms. The summed E-state index contributed by atoms with van der Waals surface area (Å²) in [7, 11) is -3.55. The maximum Gasteiger partial charge on any atom is 0.255 e. The summed E-state index contributed by atoms with van der Waals surface area (Å²) in [4.78, 5) is 12.7. The van der Waals surface area contributed by atoms with Crippen molar-refractivity contribution in [2.24, 2.45) is 0 Å². The molecule has 1 amide bonds. The number of carbonyl (C=O) groups excluding carboxylic acids is 1. The van der Waals surface area contributed by atoms with E-state index in [-0.39, 0.29) is 10.8 Å². The van der Waals surface area contributed by atoms with Crippen molar-refractivity contribution in [3.05, 3.63) is 58.6 Å². The van der Waals surface area contributed by atoms with E-state index in [2.05, 4.69) is 5.32 Å². The van der Waals surface area contributed by atoms with Crippen LogP contribution in [0.4, 0.5) is 5.69 Å². The minimum absolute atomic E-state index is 0.143. The van der Waals surface area contributed by atoms with Crippen LogP contribution in [0.5, 0.6) is 0 Å². The molecule has 0 unspecified atom stereocenters. The van der Waals surface area contributed by atoms with Gasteiger partial charge >= 0.3 is 0 Å². The lowest BCUT2D eigenvalue weighted by Crippen LogP contribution is -2.28. The summed E-state index contributed by atoms with van der Waals surface area (Å²) in [5.74, 6) is -0.371. The first kappa shape index (κ1) is 17.9. The van der Waals surface area contributed by atoms with Gasteiger partial charge in [-0.3, -0.25) is 4.79 Å². The number of anilines is 1. The van der Waals surface area contributed by atoms with Crippen molar-refractivity contribution < 1.29 is 13.2 Å². The molecule has 2 aromatic carbocycles. The van der Waals surface area contributed by atoms with Gasteiger partial charge in [0.2, 0.25) is 10.0 Å². The number of sulfonamides is 1. The van der Waals surface area contributed by atoms with Gasteiger partial charge in [-0.1, -0.05) is 23.7 Å². The number of amides is 1. The molecule has 1 aliphatic rings. The number of benzene rings is 2. The van der Waals surface area contributed by atoms with Gasteiger partial charge < -0.3 is 5.32 Å². The lowest BCUT2D eigenvalue weighted by molar-refractivity contribution is 0.102. The third-order valence-electron chi connectivity index (χ3n) is 4.31. The molecule has 1 aliphatic heterocycles. The van der Waals surface area contributed by atoms with Crippen molar-refractivity contribution in [2.75, 3.05) is 18.4 Å². The third-order valence-corrected chi connectivity index (χ3v) is 6.62. The number of hydrogen-bond donors (Lipinski definition) is 1. The minimum Gasteiger partial charge on any atom is -0.322 e. The molecule has 0 aromatic heterocycles. The van der Waals surface area contributed by atoms with Crippen LogP contribution in [0.25, 0.3) is 0 Å². The molecule has 1 N–H and O–H groups in total. The molecule has 0 atom stereocenters. The topological polar surface area (TPSA) is 66.5 Å². The normalized spacial score (nSPS) is 15.3. The first-order valence-electron chi connectivity index (χ1n) is 8.06. The van der Waals surface area contributed by atoms with E-state index in [1.54, 1.807) is 30.3 Å². The highest BCUT2D eigenvalue weighted by molar-refractivity contribution is 7.89. The molecule has 132 valence electrons. The summed E-state index contributed by atoms with van der Waals surface area (Å²) in [5, 5.41) is 3.34. The Morgan fingerprint density at radius 3 is 2.52 bits per heavy atom. The summed E-state index contributed by atoms with van der Waals surface area (Å²) in [6.45, 7) is 2.87. The lowest BCUT2D eigenvalue weighted by Gasteiger charge is -2.16. The van der Waals surface area contributed by atoms with Crippen molar-refractivity contribution in [3.63, 3.8) is 0 Å². The highest BCUT2D eigenvalue weighted by Gasteiger charge is 2.27. The lowest BCUT2D eigenvalue weighted by atomic mass is 10.1. The zero-order chi connectivity index (χ0) is 18.0. The van der Waals surface area contributed by atoms with E-state index in [1.165, 1.54) is 16.4 Å². The van der Waals surface area contributed by atoms with Gasteiger partial charge in [0.25, 0.3) is 5.91 Å². The van der Waals surface area contributed by atoms with E-state index >= 15 is 0 Å². The quantitative estimate of drug-likeness (QED) is 0.882. The van der Waals surface area contributed by atoms with E-state index in [9.17, 15) is 13.2 Å². The van der Waals surface area contributed by atoms with Crippen molar-refractivity contribution >= 4 is 33.2 Å². The molecule has 0 aliphatic carbocycles. The monoisotopic (exact) mass is 378 g/mol. The molecule has 1 saturated heterocycles. The van der Waals surface area contributed by atoms with E-state index in [4.69, 9.17) is 11.6 Å². The Kier molecular flexibility index (Phi) is 5.13. The number of halogens is 1. The molecule has 3 rings (SSSR count). The van der Waals surface area contributed by atoms with Crippen LogP contribution in [-0.4, -0.2) is 31.7 Å². The minimum atomic E-state index is -3.55. The number of rotatable bonds is 4.